The van der Waals surface area contributed by atoms with Gasteiger partial charge in [0.25, 0.3) is 0 Å². The maximum Gasteiger partial charge on any atom is 0.312 e. The smallest absolute Gasteiger partial charge is 0.312 e. The van der Waals surface area contributed by atoms with Gasteiger partial charge in [-0.15, -0.1) is 11.3 Å². The van der Waals surface area contributed by atoms with E-state index < -0.39 is 5.97 Å². The number of nitrogens with zero attached hydrogens (tertiary/aromatic N) is 1. The summed E-state index contributed by atoms with van der Waals surface area (Å²) in [6.07, 6.45) is 2.78. The third-order valence-corrected chi connectivity index (χ3v) is 4.70. The number of carboxylic acid groups (broad SMARTS) is 1. The molecular formula is C13H15NO3S. The van der Waals surface area contributed by atoms with Crippen LogP contribution in [0.25, 0.3) is 0 Å². The van der Waals surface area contributed by atoms with Crippen molar-refractivity contribution < 1.29 is 14.7 Å². The van der Waals surface area contributed by atoms with Crippen LogP contribution in [0.15, 0.2) is 11.4 Å². The monoisotopic (exact) mass is 265 g/mol. The van der Waals surface area contributed by atoms with Crippen LogP contribution in [0.1, 0.15) is 35.7 Å². The number of amides is 1. The number of thiophene rings is 1. The van der Waals surface area contributed by atoms with Crippen LogP contribution in [0.3, 0.4) is 0 Å². The number of rotatable bonds is 3. The Bertz CT molecular complexity index is 492. The minimum Gasteiger partial charge on any atom is -0.481 e. The van der Waals surface area contributed by atoms with Gasteiger partial charge >= 0.3 is 5.97 Å². The van der Waals surface area contributed by atoms with Crippen molar-refractivity contribution in [1.82, 2.24) is 4.90 Å². The van der Waals surface area contributed by atoms with Crippen molar-refractivity contribution in [3.8, 4) is 0 Å². The Hall–Kier alpha value is -1.36. The zero-order chi connectivity index (χ0) is 12.7. The molecule has 0 radical (unpaired) electrons. The predicted molar refractivity (Wildman–Crippen MR) is 67.5 cm³/mol. The molecule has 0 saturated heterocycles. The second kappa shape index (κ2) is 4.39. The largest absolute Gasteiger partial charge is 0.481 e. The molecule has 1 fully saturated rings. The van der Waals surface area contributed by atoms with Crippen molar-refractivity contribution in [3.63, 3.8) is 0 Å². The van der Waals surface area contributed by atoms with Gasteiger partial charge in [0, 0.05) is 11.4 Å². The lowest BCUT2D eigenvalue weighted by Gasteiger charge is -2.36. The van der Waals surface area contributed by atoms with Crippen molar-refractivity contribution in [2.75, 3.05) is 6.54 Å². The van der Waals surface area contributed by atoms with E-state index in [0.29, 0.717) is 12.5 Å². The summed E-state index contributed by atoms with van der Waals surface area (Å²) in [5.74, 6) is -0.738. The number of carbonyl (C=O) groups is 2. The van der Waals surface area contributed by atoms with Gasteiger partial charge in [-0.2, -0.15) is 0 Å². The zero-order valence-corrected chi connectivity index (χ0v) is 10.8. The van der Waals surface area contributed by atoms with Crippen LogP contribution in [0.5, 0.6) is 0 Å². The van der Waals surface area contributed by atoms with E-state index >= 15 is 0 Å². The Labute approximate surface area is 109 Å². The van der Waals surface area contributed by atoms with Gasteiger partial charge < -0.3 is 10.0 Å². The van der Waals surface area contributed by atoms with Crippen LogP contribution in [0.4, 0.5) is 0 Å². The molecule has 0 bridgehead atoms. The lowest BCUT2D eigenvalue weighted by Crippen LogP contribution is -2.41. The summed E-state index contributed by atoms with van der Waals surface area (Å²) in [4.78, 5) is 25.9. The van der Waals surface area contributed by atoms with E-state index in [9.17, 15) is 9.59 Å². The Morgan fingerprint density at radius 3 is 2.89 bits per heavy atom. The second-order valence-electron chi connectivity index (χ2n) is 4.99. The van der Waals surface area contributed by atoms with Crippen LogP contribution in [0.2, 0.25) is 0 Å². The molecule has 3 rings (SSSR count). The van der Waals surface area contributed by atoms with E-state index in [0.717, 1.165) is 19.3 Å². The quantitative estimate of drug-likeness (QED) is 0.851. The summed E-state index contributed by atoms with van der Waals surface area (Å²) >= 11 is 1.75. The fraction of sp³-hybridized carbons (Fsp3) is 0.538. The van der Waals surface area contributed by atoms with E-state index in [-0.39, 0.29) is 18.4 Å². The second-order valence-corrected chi connectivity index (χ2v) is 5.99. The highest BCUT2D eigenvalue weighted by atomic mass is 32.1. The molecule has 1 aliphatic carbocycles. The van der Waals surface area contributed by atoms with Gasteiger partial charge in [0.15, 0.2) is 0 Å². The van der Waals surface area contributed by atoms with E-state index in [4.69, 9.17) is 5.11 Å². The summed E-state index contributed by atoms with van der Waals surface area (Å²) in [6.45, 7) is 0.667. The van der Waals surface area contributed by atoms with E-state index in [2.05, 4.69) is 11.4 Å². The number of carbonyl (C=O) groups excluding carboxylic acids is 1. The van der Waals surface area contributed by atoms with Crippen LogP contribution in [-0.4, -0.2) is 28.4 Å². The normalized spacial score (nSPS) is 22.7. The van der Waals surface area contributed by atoms with E-state index in [1.165, 1.54) is 10.4 Å². The molecule has 1 aliphatic heterocycles. The summed E-state index contributed by atoms with van der Waals surface area (Å²) in [5, 5.41) is 10.8. The van der Waals surface area contributed by atoms with Gasteiger partial charge in [-0.05, 0) is 42.2 Å². The van der Waals surface area contributed by atoms with Crippen molar-refractivity contribution in [1.29, 1.82) is 0 Å². The number of hydrogen-bond donors (Lipinski definition) is 1. The van der Waals surface area contributed by atoms with E-state index in [1.807, 2.05) is 0 Å². The average Bonchev–Trinajstić information content (AvgIpc) is 3.03. The molecule has 96 valence electrons. The fourth-order valence-electron chi connectivity index (χ4n) is 2.78. The standard InChI is InChI=1S/C13H15NO3S/c15-11(7-12(16)17)14-5-3-10-9(4-6-18-10)13(14)8-1-2-8/h4,6,8,13H,1-3,5,7H2,(H,16,17). The van der Waals surface area contributed by atoms with Crippen LogP contribution < -0.4 is 0 Å². The first kappa shape index (κ1) is 11.7. The SMILES string of the molecule is O=C(O)CC(=O)N1CCc2sccc2C1C1CC1. The van der Waals surface area contributed by atoms with Crippen molar-refractivity contribution >= 4 is 23.2 Å². The Balaban J connectivity index is 1.86. The number of hydrogen-bond acceptors (Lipinski definition) is 3. The number of fused-ring (bicyclic) bond motifs is 1. The summed E-state index contributed by atoms with van der Waals surface area (Å²) in [7, 11) is 0. The molecule has 4 nitrogen and oxygen atoms in total. The average molecular weight is 265 g/mol. The van der Waals surface area contributed by atoms with Crippen LogP contribution >= 0.6 is 11.3 Å². The number of carboxylic acids is 1. The van der Waals surface area contributed by atoms with Gasteiger partial charge in [0.1, 0.15) is 6.42 Å². The first-order chi connectivity index (χ1) is 8.66. The molecule has 1 aromatic heterocycles. The molecule has 1 saturated carbocycles. The molecule has 1 atom stereocenters. The molecule has 0 spiro atoms. The van der Waals surface area contributed by atoms with Crippen LogP contribution in [-0.2, 0) is 16.0 Å². The maximum atomic E-state index is 12.0. The lowest BCUT2D eigenvalue weighted by atomic mass is 9.95. The van der Waals surface area contributed by atoms with Gasteiger partial charge in [0.2, 0.25) is 5.91 Å². The van der Waals surface area contributed by atoms with Gasteiger partial charge in [-0.1, -0.05) is 0 Å². The molecule has 0 aromatic carbocycles. The lowest BCUT2D eigenvalue weighted by molar-refractivity contribution is -0.145. The molecule has 18 heavy (non-hydrogen) atoms. The van der Waals surface area contributed by atoms with Gasteiger partial charge in [-0.25, -0.2) is 0 Å². The molecule has 1 amide bonds. The Morgan fingerprint density at radius 1 is 1.44 bits per heavy atom. The van der Waals surface area contributed by atoms with Crippen LogP contribution in [0, 0.1) is 5.92 Å². The highest BCUT2D eigenvalue weighted by Crippen LogP contribution is 2.48. The third-order valence-electron chi connectivity index (χ3n) is 3.71. The molecule has 2 heterocycles. The highest BCUT2D eigenvalue weighted by molar-refractivity contribution is 7.10. The minimum atomic E-state index is -1.04. The fourth-order valence-corrected chi connectivity index (χ4v) is 3.69. The molecular weight excluding hydrogens is 250 g/mol. The van der Waals surface area contributed by atoms with Crippen molar-refractivity contribution in [2.24, 2.45) is 5.92 Å². The van der Waals surface area contributed by atoms with Crippen molar-refractivity contribution in [2.45, 2.75) is 31.7 Å². The summed E-state index contributed by atoms with van der Waals surface area (Å²) < 4.78 is 0. The van der Waals surface area contributed by atoms with E-state index in [1.54, 1.807) is 16.2 Å². The van der Waals surface area contributed by atoms with Gasteiger partial charge in [0.05, 0.1) is 6.04 Å². The first-order valence-electron chi connectivity index (χ1n) is 6.24. The van der Waals surface area contributed by atoms with Gasteiger partial charge in [-0.3, -0.25) is 9.59 Å². The zero-order valence-electron chi connectivity index (χ0n) is 9.96. The molecule has 1 unspecified atom stereocenters. The summed E-state index contributed by atoms with van der Waals surface area (Å²) in [5.41, 5.74) is 1.26. The minimum absolute atomic E-state index is 0.131. The maximum absolute atomic E-state index is 12.0. The predicted octanol–water partition coefficient (Wildman–Crippen LogP) is 2.06. The molecule has 2 aliphatic rings. The van der Waals surface area contributed by atoms with Crippen molar-refractivity contribution in [3.05, 3.63) is 21.9 Å². The summed E-state index contributed by atoms with van der Waals surface area (Å²) in [6, 6.07) is 2.23. The highest BCUT2D eigenvalue weighted by Gasteiger charge is 2.41. The number of aliphatic carboxylic acids is 1. The Kier molecular flexibility index (Phi) is 2.86. The molecule has 1 aromatic rings. The Morgan fingerprint density at radius 2 is 2.22 bits per heavy atom. The first-order valence-corrected chi connectivity index (χ1v) is 7.12. The molecule has 1 N–H and O–H groups in total. The molecule has 5 heteroatoms. The topological polar surface area (TPSA) is 57.6 Å². The third kappa shape index (κ3) is 2.03.